The summed E-state index contributed by atoms with van der Waals surface area (Å²) in [6.45, 7) is 3.51. The van der Waals surface area contributed by atoms with Crippen LogP contribution in [0.2, 0.25) is 5.02 Å². The van der Waals surface area contributed by atoms with Crippen LogP contribution in [0.1, 0.15) is 19.4 Å². The molecule has 0 N–H and O–H groups in total. The SMILES string of the molecule is CC(C)(C=O)c1ccc(F)c(Cl)c1. The number of halogens is 2. The van der Waals surface area contributed by atoms with Crippen LogP contribution in [0.5, 0.6) is 0 Å². The summed E-state index contributed by atoms with van der Waals surface area (Å²) in [5.74, 6) is -0.466. The van der Waals surface area contributed by atoms with Crippen LogP contribution in [0.3, 0.4) is 0 Å². The van der Waals surface area contributed by atoms with Crippen molar-refractivity contribution < 1.29 is 9.18 Å². The Morgan fingerprint density at radius 1 is 1.46 bits per heavy atom. The molecule has 1 rings (SSSR count). The summed E-state index contributed by atoms with van der Waals surface area (Å²) in [6.07, 6.45) is 0.816. The van der Waals surface area contributed by atoms with Gasteiger partial charge >= 0.3 is 0 Å². The molecule has 0 unspecified atom stereocenters. The summed E-state index contributed by atoms with van der Waals surface area (Å²) >= 11 is 5.59. The van der Waals surface area contributed by atoms with Crippen LogP contribution in [-0.4, -0.2) is 6.29 Å². The minimum atomic E-state index is -0.614. The fourth-order valence-corrected chi connectivity index (χ4v) is 1.15. The maximum atomic E-state index is 12.8. The van der Waals surface area contributed by atoms with E-state index in [2.05, 4.69) is 0 Å². The van der Waals surface area contributed by atoms with Crippen LogP contribution in [0.4, 0.5) is 4.39 Å². The van der Waals surface area contributed by atoms with Crippen molar-refractivity contribution in [1.29, 1.82) is 0 Å². The molecule has 0 atom stereocenters. The molecule has 1 aromatic carbocycles. The Morgan fingerprint density at radius 2 is 2.08 bits per heavy atom. The number of hydrogen-bond acceptors (Lipinski definition) is 1. The van der Waals surface area contributed by atoms with E-state index in [1.165, 1.54) is 12.1 Å². The molecule has 0 aliphatic carbocycles. The summed E-state index contributed by atoms with van der Waals surface area (Å²) in [7, 11) is 0. The molecule has 0 heterocycles. The van der Waals surface area contributed by atoms with E-state index in [-0.39, 0.29) is 5.02 Å². The Morgan fingerprint density at radius 3 is 2.54 bits per heavy atom. The fourth-order valence-electron chi connectivity index (χ4n) is 0.965. The molecule has 3 heteroatoms. The van der Waals surface area contributed by atoms with E-state index in [0.29, 0.717) is 5.56 Å². The van der Waals surface area contributed by atoms with Crippen LogP contribution in [-0.2, 0) is 10.2 Å². The monoisotopic (exact) mass is 200 g/mol. The number of hydrogen-bond donors (Lipinski definition) is 0. The van der Waals surface area contributed by atoms with Gasteiger partial charge in [-0.05, 0) is 31.5 Å². The normalized spacial score (nSPS) is 11.4. The van der Waals surface area contributed by atoms with Crippen molar-refractivity contribution in [3.63, 3.8) is 0 Å². The molecule has 0 spiro atoms. The van der Waals surface area contributed by atoms with Gasteiger partial charge in [0.1, 0.15) is 12.1 Å². The zero-order valence-corrected chi connectivity index (χ0v) is 8.23. The van der Waals surface area contributed by atoms with Gasteiger partial charge in [0.25, 0.3) is 0 Å². The van der Waals surface area contributed by atoms with Crippen LogP contribution in [0, 0.1) is 5.82 Å². The molecule has 1 aromatic rings. The van der Waals surface area contributed by atoms with Gasteiger partial charge in [0, 0.05) is 5.41 Å². The fraction of sp³-hybridized carbons (Fsp3) is 0.300. The largest absolute Gasteiger partial charge is 0.302 e. The third kappa shape index (κ3) is 2.07. The Hall–Kier alpha value is -0.890. The summed E-state index contributed by atoms with van der Waals surface area (Å²) in [4.78, 5) is 10.7. The third-order valence-electron chi connectivity index (χ3n) is 1.96. The molecule has 70 valence electrons. The van der Waals surface area contributed by atoms with E-state index in [4.69, 9.17) is 11.6 Å². The second-order valence-corrected chi connectivity index (χ2v) is 3.88. The summed E-state index contributed by atoms with van der Waals surface area (Å²) in [5.41, 5.74) is 0.103. The van der Waals surface area contributed by atoms with E-state index in [1.54, 1.807) is 19.9 Å². The summed E-state index contributed by atoms with van der Waals surface area (Å²) in [5, 5.41) is 0.0485. The standard InChI is InChI=1S/C10H10ClFO/c1-10(2,6-13)7-3-4-9(12)8(11)5-7/h3-6H,1-2H3. The molecule has 0 saturated heterocycles. The van der Waals surface area contributed by atoms with Crippen molar-refractivity contribution in [2.75, 3.05) is 0 Å². The first kappa shape index (κ1) is 10.2. The van der Waals surface area contributed by atoms with Crippen molar-refractivity contribution in [2.45, 2.75) is 19.3 Å². The van der Waals surface area contributed by atoms with Crippen molar-refractivity contribution in [2.24, 2.45) is 0 Å². The predicted molar refractivity (Wildman–Crippen MR) is 50.5 cm³/mol. The van der Waals surface area contributed by atoms with E-state index >= 15 is 0 Å². The lowest BCUT2D eigenvalue weighted by Crippen LogP contribution is -2.18. The van der Waals surface area contributed by atoms with Crippen molar-refractivity contribution in [3.05, 3.63) is 34.6 Å². The number of carbonyl (C=O) groups is 1. The van der Waals surface area contributed by atoms with Gasteiger partial charge in [-0.1, -0.05) is 17.7 Å². The Bertz CT molecular complexity index is 334. The molecule has 0 saturated carbocycles. The Labute approximate surface area is 81.5 Å². The molecule has 0 aromatic heterocycles. The molecule has 0 fully saturated rings. The molecule has 13 heavy (non-hydrogen) atoms. The Kier molecular flexibility index (Phi) is 2.71. The first-order valence-electron chi connectivity index (χ1n) is 3.89. The van der Waals surface area contributed by atoms with Gasteiger partial charge in [0.05, 0.1) is 5.02 Å². The van der Waals surface area contributed by atoms with Gasteiger partial charge in [-0.25, -0.2) is 4.39 Å². The molecule has 0 radical (unpaired) electrons. The quantitative estimate of drug-likeness (QED) is 0.671. The average Bonchev–Trinajstić information content (AvgIpc) is 2.09. The molecule has 1 nitrogen and oxygen atoms in total. The van der Waals surface area contributed by atoms with Gasteiger partial charge in [-0.2, -0.15) is 0 Å². The number of rotatable bonds is 2. The highest BCUT2D eigenvalue weighted by molar-refractivity contribution is 6.30. The van der Waals surface area contributed by atoms with Crippen LogP contribution in [0.25, 0.3) is 0 Å². The zero-order valence-electron chi connectivity index (χ0n) is 7.47. The van der Waals surface area contributed by atoms with E-state index < -0.39 is 11.2 Å². The van der Waals surface area contributed by atoms with Gasteiger partial charge < -0.3 is 4.79 Å². The van der Waals surface area contributed by atoms with E-state index in [0.717, 1.165) is 6.29 Å². The Balaban J connectivity index is 3.18. The second kappa shape index (κ2) is 3.46. The molecule has 0 bridgehead atoms. The lowest BCUT2D eigenvalue weighted by atomic mass is 9.86. The second-order valence-electron chi connectivity index (χ2n) is 3.47. The molecule has 0 aliphatic rings. The number of carbonyl (C=O) groups excluding carboxylic acids is 1. The average molecular weight is 201 g/mol. The predicted octanol–water partition coefficient (Wildman–Crippen LogP) is 2.96. The van der Waals surface area contributed by atoms with Crippen LogP contribution in [0.15, 0.2) is 18.2 Å². The highest BCUT2D eigenvalue weighted by Gasteiger charge is 2.20. The highest BCUT2D eigenvalue weighted by atomic mass is 35.5. The van der Waals surface area contributed by atoms with Gasteiger partial charge in [0.15, 0.2) is 0 Å². The van der Waals surface area contributed by atoms with Gasteiger partial charge in [-0.15, -0.1) is 0 Å². The van der Waals surface area contributed by atoms with Gasteiger partial charge in [-0.3, -0.25) is 0 Å². The zero-order chi connectivity index (χ0) is 10.1. The molecular weight excluding hydrogens is 191 g/mol. The minimum Gasteiger partial charge on any atom is -0.302 e. The summed E-state index contributed by atoms with van der Waals surface area (Å²) < 4.78 is 12.8. The van der Waals surface area contributed by atoms with Gasteiger partial charge in [0.2, 0.25) is 0 Å². The van der Waals surface area contributed by atoms with Crippen molar-refractivity contribution in [1.82, 2.24) is 0 Å². The van der Waals surface area contributed by atoms with E-state index in [1.807, 2.05) is 0 Å². The topological polar surface area (TPSA) is 17.1 Å². The molecular formula is C10H10ClFO. The van der Waals surface area contributed by atoms with Crippen molar-refractivity contribution in [3.8, 4) is 0 Å². The highest BCUT2D eigenvalue weighted by Crippen LogP contribution is 2.25. The maximum absolute atomic E-state index is 12.8. The van der Waals surface area contributed by atoms with Crippen molar-refractivity contribution >= 4 is 17.9 Å². The maximum Gasteiger partial charge on any atom is 0.141 e. The number of benzene rings is 1. The van der Waals surface area contributed by atoms with Crippen LogP contribution < -0.4 is 0 Å². The first-order valence-corrected chi connectivity index (χ1v) is 4.27. The lowest BCUT2D eigenvalue weighted by molar-refractivity contribution is -0.111. The smallest absolute Gasteiger partial charge is 0.141 e. The third-order valence-corrected chi connectivity index (χ3v) is 2.25. The van der Waals surface area contributed by atoms with Crippen LogP contribution >= 0.6 is 11.6 Å². The van der Waals surface area contributed by atoms with E-state index in [9.17, 15) is 9.18 Å². The minimum absolute atomic E-state index is 0.0485. The molecule has 0 amide bonds. The number of aldehydes is 1. The molecule has 0 aliphatic heterocycles. The summed E-state index contributed by atoms with van der Waals surface area (Å²) in [6, 6.07) is 4.31. The lowest BCUT2D eigenvalue weighted by Gasteiger charge is -2.17. The first-order chi connectivity index (χ1) is 5.97.